The monoisotopic (exact) mass is 428 g/mol. The van der Waals surface area contributed by atoms with Crippen LogP contribution in [-0.2, 0) is 15.1 Å². The van der Waals surface area contributed by atoms with Crippen molar-refractivity contribution in [3.63, 3.8) is 0 Å². The molecular weight excluding hydrogens is 406 g/mol. The van der Waals surface area contributed by atoms with E-state index in [-0.39, 0.29) is 12.6 Å². The van der Waals surface area contributed by atoms with Gasteiger partial charge < -0.3 is 14.6 Å². The topological polar surface area (TPSA) is 81.5 Å². The summed E-state index contributed by atoms with van der Waals surface area (Å²) in [6, 6.07) is 12.0. The Labute approximate surface area is 178 Å². The molecular formula is C23H22F2N2O4. The van der Waals surface area contributed by atoms with Crippen molar-refractivity contribution in [2.24, 2.45) is 0 Å². The molecule has 0 bridgehead atoms. The van der Waals surface area contributed by atoms with E-state index in [9.17, 15) is 18.7 Å². The van der Waals surface area contributed by atoms with Gasteiger partial charge in [-0.25, -0.2) is 23.5 Å². The largest absolute Gasteiger partial charge is 0.478 e. The first-order chi connectivity index (χ1) is 14.9. The first kappa shape index (κ1) is 22.3. The first-order valence-electron chi connectivity index (χ1n) is 9.72. The van der Waals surface area contributed by atoms with E-state index in [1.54, 1.807) is 13.0 Å². The van der Waals surface area contributed by atoms with Crippen LogP contribution in [-0.4, -0.2) is 33.8 Å². The number of ether oxygens (including phenoxy) is 2. The molecule has 0 saturated carbocycles. The zero-order chi connectivity index (χ0) is 22.4. The van der Waals surface area contributed by atoms with Crippen LogP contribution in [0.15, 0.2) is 60.8 Å². The van der Waals surface area contributed by atoms with Crippen molar-refractivity contribution < 1.29 is 28.2 Å². The highest BCUT2D eigenvalue weighted by atomic mass is 19.1. The molecule has 0 radical (unpaired) electrons. The molecule has 31 heavy (non-hydrogen) atoms. The second-order valence-corrected chi connectivity index (χ2v) is 6.91. The predicted molar refractivity (Wildman–Crippen MR) is 109 cm³/mol. The highest BCUT2D eigenvalue weighted by molar-refractivity contribution is 5.76. The van der Waals surface area contributed by atoms with Gasteiger partial charge in [-0.05, 0) is 54.8 Å². The molecule has 8 heteroatoms. The Balaban J connectivity index is 2.24. The quantitative estimate of drug-likeness (QED) is 0.548. The summed E-state index contributed by atoms with van der Waals surface area (Å²) in [7, 11) is 0. The Bertz CT molecular complexity index is 981. The van der Waals surface area contributed by atoms with E-state index in [1.807, 2.05) is 6.92 Å². The van der Waals surface area contributed by atoms with Crippen molar-refractivity contribution >= 4 is 5.97 Å². The number of aryl methyl sites for hydroxylation is 1. The van der Waals surface area contributed by atoms with Crippen LogP contribution in [0, 0.1) is 18.6 Å². The summed E-state index contributed by atoms with van der Waals surface area (Å²) in [5, 5.41) is 10.2. The minimum Gasteiger partial charge on any atom is -0.478 e. The Morgan fingerprint density at radius 2 is 1.58 bits per heavy atom. The third kappa shape index (κ3) is 4.86. The average Bonchev–Trinajstić information content (AvgIpc) is 2.75. The van der Waals surface area contributed by atoms with Crippen LogP contribution in [0.3, 0.4) is 0 Å². The molecule has 0 saturated heterocycles. The second kappa shape index (κ2) is 9.61. The molecule has 6 nitrogen and oxygen atoms in total. The van der Waals surface area contributed by atoms with Crippen LogP contribution >= 0.6 is 0 Å². The van der Waals surface area contributed by atoms with E-state index in [0.29, 0.717) is 23.2 Å². The zero-order valence-corrected chi connectivity index (χ0v) is 17.1. The number of aliphatic carboxylic acids is 1. The fraction of sp³-hybridized carbons (Fsp3) is 0.261. The van der Waals surface area contributed by atoms with Crippen molar-refractivity contribution in [2.45, 2.75) is 32.0 Å². The van der Waals surface area contributed by atoms with E-state index in [0.717, 1.165) is 0 Å². The van der Waals surface area contributed by atoms with Crippen LogP contribution < -0.4 is 4.74 Å². The van der Waals surface area contributed by atoms with Crippen molar-refractivity contribution in [2.75, 3.05) is 6.61 Å². The third-order valence-corrected chi connectivity index (χ3v) is 4.67. The predicted octanol–water partition coefficient (Wildman–Crippen LogP) is 4.27. The van der Waals surface area contributed by atoms with Crippen molar-refractivity contribution in [3.8, 4) is 6.01 Å². The van der Waals surface area contributed by atoms with Gasteiger partial charge >= 0.3 is 12.0 Å². The molecule has 0 aliphatic heterocycles. The molecule has 2 aromatic carbocycles. The smallest absolute Gasteiger partial charge is 0.348 e. The van der Waals surface area contributed by atoms with E-state index < -0.39 is 29.3 Å². The lowest BCUT2D eigenvalue weighted by molar-refractivity contribution is -0.164. The van der Waals surface area contributed by atoms with Gasteiger partial charge in [0, 0.05) is 18.5 Å². The molecule has 162 valence electrons. The van der Waals surface area contributed by atoms with E-state index in [2.05, 4.69) is 9.97 Å². The number of benzene rings is 2. The van der Waals surface area contributed by atoms with Gasteiger partial charge in [-0.1, -0.05) is 31.2 Å². The van der Waals surface area contributed by atoms with E-state index >= 15 is 0 Å². The SMILES string of the molecule is CCCOC(c1ccc(F)cc1)(c1ccc(F)cc1)C(Oc1nccc(C)n1)C(=O)O. The lowest BCUT2D eigenvalue weighted by Crippen LogP contribution is -2.51. The number of carboxylic acid groups (broad SMARTS) is 1. The molecule has 0 fully saturated rings. The van der Waals surface area contributed by atoms with Gasteiger partial charge in [0.25, 0.3) is 0 Å². The molecule has 0 amide bonds. The van der Waals surface area contributed by atoms with Gasteiger partial charge in [-0.2, -0.15) is 0 Å². The van der Waals surface area contributed by atoms with Crippen LogP contribution in [0.1, 0.15) is 30.2 Å². The number of halogens is 2. The molecule has 0 spiro atoms. The Morgan fingerprint density at radius 3 is 2.03 bits per heavy atom. The number of aromatic nitrogens is 2. The molecule has 0 aliphatic rings. The highest BCUT2D eigenvalue weighted by Gasteiger charge is 2.50. The van der Waals surface area contributed by atoms with Gasteiger partial charge in [0.1, 0.15) is 11.6 Å². The molecule has 3 aromatic rings. The van der Waals surface area contributed by atoms with Crippen LogP contribution in [0.5, 0.6) is 6.01 Å². The van der Waals surface area contributed by atoms with Crippen molar-refractivity contribution in [1.82, 2.24) is 9.97 Å². The third-order valence-electron chi connectivity index (χ3n) is 4.67. The average molecular weight is 428 g/mol. The number of nitrogens with zero attached hydrogens (tertiary/aromatic N) is 2. The molecule has 1 atom stereocenters. The first-order valence-corrected chi connectivity index (χ1v) is 9.72. The van der Waals surface area contributed by atoms with E-state index in [4.69, 9.17) is 9.47 Å². The summed E-state index contributed by atoms with van der Waals surface area (Å²) in [6.07, 6.45) is 0.357. The highest BCUT2D eigenvalue weighted by Crippen LogP contribution is 2.39. The molecule has 3 rings (SSSR count). The standard InChI is InChI=1S/C23H22F2N2O4/c1-3-14-30-23(16-4-8-18(24)9-5-16,17-6-10-19(25)11-7-17)20(21(28)29)31-22-26-13-12-15(2)27-22/h4-13,20H,3,14H2,1-2H3,(H,28,29). The molecule has 1 unspecified atom stereocenters. The number of hydrogen-bond donors (Lipinski definition) is 1. The van der Waals surface area contributed by atoms with Gasteiger partial charge in [0.15, 0.2) is 5.60 Å². The molecule has 1 N–H and O–H groups in total. The van der Waals surface area contributed by atoms with Gasteiger partial charge in [0.2, 0.25) is 6.10 Å². The lowest BCUT2D eigenvalue weighted by atomic mass is 9.81. The maximum Gasteiger partial charge on any atom is 0.348 e. The molecule has 1 heterocycles. The lowest BCUT2D eigenvalue weighted by Gasteiger charge is -2.38. The number of carbonyl (C=O) groups is 1. The Kier molecular flexibility index (Phi) is 6.91. The maximum absolute atomic E-state index is 13.7. The molecule has 1 aromatic heterocycles. The van der Waals surface area contributed by atoms with Crippen LogP contribution in [0.25, 0.3) is 0 Å². The summed E-state index contributed by atoms with van der Waals surface area (Å²) in [5.41, 5.74) is -0.489. The normalized spacial score (nSPS) is 12.4. The fourth-order valence-corrected chi connectivity index (χ4v) is 3.27. The van der Waals surface area contributed by atoms with Gasteiger partial charge in [-0.3, -0.25) is 0 Å². The van der Waals surface area contributed by atoms with E-state index in [1.165, 1.54) is 54.7 Å². The maximum atomic E-state index is 13.7. The van der Waals surface area contributed by atoms with Crippen LogP contribution in [0.2, 0.25) is 0 Å². The Hall–Kier alpha value is -3.39. The minimum absolute atomic E-state index is 0.152. The van der Waals surface area contributed by atoms with Crippen molar-refractivity contribution in [1.29, 1.82) is 0 Å². The summed E-state index contributed by atoms with van der Waals surface area (Å²) in [6.45, 7) is 3.74. The zero-order valence-electron chi connectivity index (χ0n) is 17.1. The summed E-state index contributed by atoms with van der Waals surface area (Å²) in [5.74, 6) is -2.35. The second-order valence-electron chi connectivity index (χ2n) is 6.91. The fourth-order valence-electron chi connectivity index (χ4n) is 3.27. The molecule has 0 aliphatic carbocycles. The minimum atomic E-state index is -1.73. The van der Waals surface area contributed by atoms with Gasteiger partial charge in [-0.15, -0.1) is 0 Å². The summed E-state index contributed by atoms with van der Waals surface area (Å²) >= 11 is 0. The summed E-state index contributed by atoms with van der Waals surface area (Å²) < 4.78 is 39.3. The Morgan fingerprint density at radius 1 is 1.03 bits per heavy atom. The number of rotatable bonds is 9. The van der Waals surface area contributed by atoms with Crippen LogP contribution in [0.4, 0.5) is 8.78 Å². The van der Waals surface area contributed by atoms with Gasteiger partial charge in [0.05, 0.1) is 0 Å². The number of hydrogen-bond acceptors (Lipinski definition) is 5. The number of carboxylic acids is 1. The summed E-state index contributed by atoms with van der Waals surface area (Å²) in [4.78, 5) is 20.6. The van der Waals surface area contributed by atoms with Crippen molar-refractivity contribution in [3.05, 3.63) is 89.2 Å².